The van der Waals surface area contributed by atoms with Crippen molar-refractivity contribution in [3.63, 3.8) is 0 Å². The highest BCUT2D eigenvalue weighted by molar-refractivity contribution is 7.22. The van der Waals surface area contributed by atoms with Crippen molar-refractivity contribution in [2.45, 2.75) is 0 Å². The van der Waals surface area contributed by atoms with E-state index in [-0.39, 0.29) is 0 Å². The van der Waals surface area contributed by atoms with E-state index < -0.39 is 0 Å². The minimum atomic E-state index is 0.788. The number of hydrogen-bond donors (Lipinski definition) is 2. The lowest BCUT2D eigenvalue weighted by Gasteiger charge is -2.08. The Morgan fingerprint density at radius 1 is 1.44 bits per heavy atom. The van der Waals surface area contributed by atoms with Gasteiger partial charge in [0.1, 0.15) is 0 Å². The van der Waals surface area contributed by atoms with Crippen molar-refractivity contribution in [1.82, 2.24) is 9.88 Å². The van der Waals surface area contributed by atoms with Crippen LogP contribution < -0.4 is 11.1 Å². The number of hydrogen-bond acceptors (Lipinski definition) is 5. The van der Waals surface area contributed by atoms with Gasteiger partial charge in [-0.15, -0.1) is 0 Å². The smallest absolute Gasteiger partial charge is 0.183 e. The fraction of sp³-hybridized carbons (Fsp3) is 0.364. The number of likely N-dealkylation sites (N-methyl/N-ethyl adjacent to an activating group) is 1. The van der Waals surface area contributed by atoms with Crippen LogP contribution in [0.1, 0.15) is 0 Å². The molecule has 0 saturated carbocycles. The number of nitrogens with one attached hydrogen (secondary N) is 1. The SMILES string of the molecule is CN(C)CCNc1nc2ccc(N)cc2s1. The number of aromatic nitrogens is 1. The number of benzene rings is 1. The first-order chi connectivity index (χ1) is 7.65. The van der Waals surface area contributed by atoms with Crippen molar-refractivity contribution in [2.24, 2.45) is 0 Å². The number of thiazole rings is 1. The Labute approximate surface area is 99.1 Å². The first-order valence-electron chi connectivity index (χ1n) is 5.20. The second-order valence-electron chi connectivity index (χ2n) is 3.98. The van der Waals surface area contributed by atoms with E-state index in [4.69, 9.17) is 5.73 Å². The first kappa shape index (κ1) is 11.2. The topological polar surface area (TPSA) is 54.2 Å². The predicted molar refractivity (Wildman–Crippen MR) is 71.1 cm³/mol. The summed E-state index contributed by atoms with van der Waals surface area (Å²) in [4.78, 5) is 6.62. The van der Waals surface area contributed by atoms with Gasteiger partial charge in [0.25, 0.3) is 0 Å². The number of fused-ring (bicyclic) bond motifs is 1. The molecular weight excluding hydrogens is 220 g/mol. The summed E-state index contributed by atoms with van der Waals surface area (Å²) in [6.07, 6.45) is 0. The number of nitrogens with zero attached hydrogens (tertiary/aromatic N) is 2. The Hall–Kier alpha value is -1.33. The zero-order valence-electron chi connectivity index (χ0n) is 9.53. The maximum absolute atomic E-state index is 5.72. The molecule has 0 saturated heterocycles. The predicted octanol–water partition coefficient (Wildman–Crippen LogP) is 1.85. The van der Waals surface area contributed by atoms with E-state index in [0.717, 1.165) is 34.1 Å². The van der Waals surface area contributed by atoms with Crippen molar-refractivity contribution in [1.29, 1.82) is 0 Å². The van der Waals surface area contributed by atoms with Crippen LogP contribution in [0.5, 0.6) is 0 Å². The van der Waals surface area contributed by atoms with Crippen LogP contribution in [0.2, 0.25) is 0 Å². The summed E-state index contributed by atoms with van der Waals surface area (Å²) in [6.45, 7) is 1.90. The third-order valence-electron chi connectivity index (χ3n) is 2.25. The lowest BCUT2D eigenvalue weighted by Crippen LogP contribution is -2.20. The summed E-state index contributed by atoms with van der Waals surface area (Å²) >= 11 is 1.64. The number of nitrogens with two attached hydrogens (primary N) is 1. The Bertz CT molecular complexity index is 478. The molecule has 0 radical (unpaired) electrons. The quantitative estimate of drug-likeness (QED) is 0.796. The molecule has 1 heterocycles. The molecule has 86 valence electrons. The summed E-state index contributed by atoms with van der Waals surface area (Å²) in [5.41, 5.74) is 7.52. The zero-order chi connectivity index (χ0) is 11.5. The highest BCUT2D eigenvalue weighted by atomic mass is 32.1. The third kappa shape index (κ3) is 2.62. The van der Waals surface area contributed by atoms with Gasteiger partial charge in [0.05, 0.1) is 10.2 Å². The van der Waals surface area contributed by atoms with E-state index in [1.807, 2.05) is 18.2 Å². The molecule has 0 fully saturated rings. The summed E-state index contributed by atoms with van der Waals surface area (Å²) in [7, 11) is 4.11. The maximum Gasteiger partial charge on any atom is 0.183 e. The molecule has 0 atom stereocenters. The normalized spacial score (nSPS) is 11.2. The van der Waals surface area contributed by atoms with Crippen molar-refractivity contribution in [3.05, 3.63) is 18.2 Å². The van der Waals surface area contributed by atoms with Crippen LogP contribution in [0, 0.1) is 0 Å². The van der Waals surface area contributed by atoms with Crippen LogP contribution in [-0.4, -0.2) is 37.1 Å². The Kier molecular flexibility index (Phi) is 3.26. The fourth-order valence-electron chi connectivity index (χ4n) is 1.40. The van der Waals surface area contributed by atoms with Crippen LogP contribution in [0.3, 0.4) is 0 Å². The van der Waals surface area contributed by atoms with Crippen molar-refractivity contribution >= 4 is 32.4 Å². The van der Waals surface area contributed by atoms with Gasteiger partial charge in [-0.3, -0.25) is 0 Å². The number of rotatable bonds is 4. The van der Waals surface area contributed by atoms with Crippen molar-refractivity contribution in [3.8, 4) is 0 Å². The molecular formula is C11H16N4S. The molecule has 0 unspecified atom stereocenters. The zero-order valence-corrected chi connectivity index (χ0v) is 10.3. The van der Waals surface area contributed by atoms with Gasteiger partial charge in [-0.1, -0.05) is 11.3 Å². The molecule has 0 bridgehead atoms. The van der Waals surface area contributed by atoms with E-state index in [1.54, 1.807) is 11.3 Å². The average molecular weight is 236 g/mol. The summed E-state index contributed by atoms with van der Waals surface area (Å²) in [5, 5.41) is 4.27. The summed E-state index contributed by atoms with van der Waals surface area (Å²) in [6, 6.07) is 5.80. The highest BCUT2D eigenvalue weighted by Gasteiger charge is 2.03. The van der Waals surface area contributed by atoms with Gasteiger partial charge in [0.2, 0.25) is 0 Å². The van der Waals surface area contributed by atoms with E-state index >= 15 is 0 Å². The second-order valence-corrected chi connectivity index (χ2v) is 5.01. The van der Waals surface area contributed by atoms with Gasteiger partial charge in [0.15, 0.2) is 5.13 Å². The van der Waals surface area contributed by atoms with Crippen molar-refractivity contribution in [2.75, 3.05) is 38.2 Å². The van der Waals surface area contributed by atoms with Gasteiger partial charge >= 0.3 is 0 Å². The maximum atomic E-state index is 5.72. The molecule has 2 aromatic rings. The average Bonchev–Trinajstić information content (AvgIpc) is 2.58. The molecule has 0 amide bonds. The second kappa shape index (κ2) is 4.67. The van der Waals surface area contributed by atoms with E-state index in [1.165, 1.54) is 0 Å². The third-order valence-corrected chi connectivity index (χ3v) is 3.22. The molecule has 5 heteroatoms. The minimum Gasteiger partial charge on any atom is -0.399 e. The lowest BCUT2D eigenvalue weighted by atomic mass is 10.3. The standard InChI is InChI=1S/C11H16N4S/c1-15(2)6-5-13-11-14-9-4-3-8(12)7-10(9)16-11/h3-4,7H,5-6,12H2,1-2H3,(H,13,14). The van der Waals surface area contributed by atoms with Crippen molar-refractivity contribution < 1.29 is 0 Å². The van der Waals surface area contributed by atoms with Crippen LogP contribution >= 0.6 is 11.3 Å². The minimum absolute atomic E-state index is 0.788. The summed E-state index contributed by atoms with van der Waals surface area (Å²) < 4.78 is 1.13. The monoisotopic (exact) mass is 236 g/mol. The molecule has 1 aromatic heterocycles. The number of nitrogen functional groups attached to an aromatic ring is 1. The van der Waals surface area contributed by atoms with Crippen LogP contribution in [0.4, 0.5) is 10.8 Å². The van der Waals surface area contributed by atoms with Crippen LogP contribution in [-0.2, 0) is 0 Å². The molecule has 4 nitrogen and oxygen atoms in total. The fourth-order valence-corrected chi connectivity index (χ4v) is 2.34. The molecule has 16 heavy (non-hydrogen) atoms. The molecule has 0 spiro atoms. The Morgan fingerprint density at radius 2 is 2.25 bits per heavy atom. The molecule has 2 rings (SSSR count). The highest BCUT2D eigenvalue weighted by Crippen LogP contribution is 2.27. The van der Waals surface area contributed by atoms with Crippen LogP contribution in [0.25, 0.3) is 10.2 Å². The van der Waals surface area contributed by atoms with E-state index in [9.17, 15) is 0 Å². The van der Waals surface area contributed by atoms with Crippen LogP contribution in [0.15, 0.2) is 18.2 Å². The lowest BCUT2D eigenvalue weighted by molar-refractivity contribution is 0.425. The molecule has 0 aliphatic heterocycles. The molecule has 1 aromatic carbocycles. The Balaban J connectivity index is 2.08. The van der Waals surface area contributed by atoms with Gasteiger partial charge in [0, 0.05) is 18.8 Å². The van der Waals surface area contributed by atoms with Gasteiger partial charge in [-0.2, -0.15) is 0 Å². The largest absolute Gasteiger partial charge is 0.399 e. The molecule has 3 N–H and O–H groups in total. The number of anilines is 2. The van der Waals surface area contributed by atoms with E-state index in [0.29, 0.717) is 0 Å². The van der Waals surface area contributed by atoms with Gasteiger partial charge in [-0.05, 0) is 32.3 Å². The van der Waals surface area contributed by atoms with Gasteiger partial charge in [-0.25, -0.2) is 4.98 Å². The first-order valence-corrected chi connectivity index (χ1v) is 6.01. The van der Waals surface area contributed by atoms with Gasteiger partial charge < -0.3 is 16.0 Å². The Morgan fingerprint density at radius 3 is 3.00 bits per heavy atom. The molecule has 0 aliphatic rings. The summed E-state index contributed by atoms with van der Waals surface area (Å²) in [5.74, 6) is 0. The van der Waals surface area contributed by atoms with E-state index in [2.05, 4.69) is 29.3 Å². The molecule has 0 aliphatic carbocycles.